The van der Waals surface area contributed by atoms with E-state index < -0.39 is 5.63 Å². The smallest absolute Gasteiger partial charge is 0.345 e. The van der Waals surface area contributed by atoms with E-state index in [1.165, 1.54) is 0 Å². The number of nitrogens with zero attached hydrogens (tertiary/aromatic N) is 1. The SMILES string of the molecule is O=c1oc2ccccc2cc1-c1cn(-c2cc(Cl)cc(Cl)c2)c(=S)[nH]1. The second kappa shape index (κ2) is 6.19. The second-order valence-electron chi connectivity index (χ2n) is 5.46. The van der Waals surface area contributed by atoms with Gasteiger partial charge in [0.15, 0.2) is 4.77 Å². The van der Waals surface area contributed by atoms with Crippen LogP contribution in [0.1, 0.15) is 0 Å². The maximum Gasteiger partial charge on any atom is 0.345 e. The van der Waals surface area contributed by atoms with Gasteiger partial charge in [0.25, 0.3) is 0 Å². The molecule has 25 heavy (non-hydrogen) atoms. The molecule has 2 aromatic carbocycles. The minimum Gasteiger partial charge on any atom is -0.422 e. The Morgan fingerprint density at radius 1 is 1.04 bits per heavy atom. The van der Waals surface area contributed by atoms with Crippen LogP contribution in [0.15, 0.2) is 63.9 Å². The van der Waals surface area contributed by atoms with Crippen molar-refractivity contribution in [2.24, 2.45) is 0 Å². The zero-order chi connectivity index (χ0) is 17.6. The Morgan fingerprint density at radius 3 is 2.52 bits per heavy atom. The number of benzene rings is 2. The van der Waals surface area contributed by atoms with Crippen molar-refractivity contribution in [1.82, 2.24) is 9.55 Å². The zero-order valence-corrected chi connectivity index (χ0v) is 15.0. The Labute approximate surface area is 157 Å². The highest BCUT2D eigenvalue weighted by Gasteiger charge is 2.12. The number of H-pyrrole nitrogens is 1. The molecule has 0 fully saturated rings. The summed E-state index contributed by atoms with van der Waals surface area (Å²) in [5.74, 6) is 0. The van der Waals surface area contributed by atoms with E-state index >= 15 is 0 Å². The summed E-state index contributed by atoms with van der Waals surface area (Å²) in [7, 11) is 0. The van der Waals surface area contributed by atoms with Crippen molar-refractivity contribution < 1.29 is 4.42 Å². The Morgan fingerprint density at radius 2 is 1.76 bits per heavy atom. The summed E-state index contributed by atoms with van der Waals surface area (Å²) in [6, 6.07) is 14.2. The van der Waals surface area contributed by atoms with Gasteiger partial charge in [-0.1, -0.05) is 41.4 Å². The van der Waals surface area contributed by atoms with Crippen LogP contribution < -0.4 is 5.63 Å². The van der Waals surface area contributed by atoms with E-state index in [-0.39, 0.29) is 0 Å². The molecule has 0 radical (unpaired) electrons. The van der Waals surface area contributed by atoms with Gasteiger partial charge in [0.05, 0.1) is 16.9 Å². The highest BCUT2D eigenvalue weighted by atomic mass is 35.5. The van der Waals surface area contributed by atoms with E-state index in [0.29, 0.717) is 37.3 Å². The molecule has 1 N–H and O–H groups in total. The molecule has 4 aromatic rings. The minimum absolute atomic E-state index is 0.400. The fourth-order valence-corrected chi connectivity index (χ4v) is 3.43. The summed E-state index contributed by atoms with van der Waals surface area (Å²) >= 11 is 17.5. The molecule has 0 saturated heterocycles. The topological polar surface area (TPSA) is 50.9 Å². The molecular weight excluding hydrogens is 379 g/mol. The maximum absolute atomic E-state index is 12.3. The Bertz CT molecular complexity index is 1200. The Balaban J connectivity index is 1.90. The van der Waals surface area contributed by atoms with E-state index in [1.807, 2.05) is 18.2 Å². The van der Waals surface area contributed by atoms with Gasteiger partial charge in [-0.3, -0.25) is 4.57 Å². The highest BCUT2D eigenvalue weighted by Crippen LogP contribution is 2.25. The van der Waals surface area contributed by atoms with Crippen LogP contribution >= 0.6 is 35.4 Å². The molecule has 4 rings (SSSR count). The standard InChI is InChI=1S/C18H10Cl2N2O2S/c19-11-6-12(20)8-13(7-11)22-9-15(21-18(22)25)14-5-10-3-1-2-4-16(10)24-17(14)23/h1-9H,(H,21,25). The average molecular weight is 389 g/mol. The normalized spacial score (nSPS) is 11.1. The fourth-order valence-electron chi connectivity index (χ4n) is 2.65. The number of para-hydroxylation sites is 1. The van der Waals surface area contributed by atoms with E-state index in [4.69, 9.17) is 39.8 Å². The molecule has 0 aliphatic rings. The summed E-state index contributed by atoms with van der Waals surface area (Å²) in [5, 5.41) is 1.82. The molecule has 0 aliphatic heterocycles. The van der Waals surface area contributed by atoms with Crippen molar-refractivity contribution in [2.75, 3.05) is 0 Å². The fraction of sp³-hybridized carbons (Fsp3) is 0. The third-order valence-corrected chi connectivity index (χ3v) is 4.51. The number of hydrogen-bond acceptors (Lipinski definition) is 3. The lowest BCUT2D eigenvalue weighted by Crippen LogP contribution is -2.02. The molecule has 0 amide bonds. The Kier molecular flexibility index (Phi) is 4.00. The van der Waals surface area contributed by atoms with E-state index in [0.717, 1.165) is 5.39 Å². The van der Waals surface area contributed by atoms with Crippen LogP contribution in [0.4, 0.5) is 0 Å². The predicted octanol–water partition coefficient (Wildman–Crippen LogP) is 5.62. The lowest BCUT2D eigenvalue weighted by molar-refractivity contribution is 0.563. The summed E-state index contributed by atoms with van der Waals surface area (Å²) in [6.45, 7) is 0. The van der Waals surface area contributed by atoms with Gasteiger partial charge in [-0.05, 0) is 42.5 Å². The summed E-state index contributed by atoms with van der Waals surface area (Å²) in [5.41, 5.74) is 1.76. The number of rotatable bonds is 2. The van der Waals surface area contributed by atoms with Crippen molar-refractivity contribution in [2.45, 2.75) is 0 Å². The van der Waals surface area contributed by atoms with Crippen molar-refractivity contribution in [1.29, 1.82) is 0 Å². The van der Waals surface area contributed by atoms with Crippen LogP contribution in [-0.2, 0) is 0 Å². The molecular formula is C18H10Cl2N2O2S. The van der Waals surface area contributed by atoms with Crippen LogP contribution in [0.2, 0.25) is 10.0 Å². The number of imidazole rings is 1. The van der Waals surface area contributed by atoms with Gasteiger partial charge < -0.3 is 9.40 Å². The van der Waals surface area contributed by atoms with Crippen LogP contribution in [0, 0.1) is 4.77 Å². The Hall–Kier alpha value is -2.34. The monoisotopic (exact) mass is 388 g/mol. The molecule has 2 aromatic heterocycles. The van der Waals surface area contributed by atoms with Gasteiger partial charge in [0.2, 0.25) is 0 Å². The number of fused-ring (bicyclic) bond motifs is 1. The molecule has 124 valence electrons. The number of aromatic amines is 1. The first-order valence-corrected chi connectivity index (χ1v) is 8.49. The molecule has 4 nitrogen and oxygen atoms in total. The van der Waals surface area contributed by atoms with Gasteiger partial charge in [-0.15, -0.1) is 0 Å². The molecule has 0 aliphatic carbocycles. The minimum atomic E-state index is -0.439. The molecule has 0 bridgehead atoms. The van der Waals surface area contributed by atoms with Crippen LogP contribution in [-0.4, -0.2) is 9.55 Å². The van der Waals surface area contributed by atoms with Crippen molar-refractivity contribution in [3.8, 4) is 16.9 Å². The first-order chi connectivity index (χ1) is 12.0. The number of halogens is 2. The highest BCUT2D eigenvalue weighted by molar-refractivity contribution is 7.71. The summed E-state index contributed by atoms with van der Waals surface area (Å²) in [4.78, 5) is 15.4. The van der Waals surface area contributed by atoms with Crippen molar-refractivity contribution in [3.05, 3.63) is 80.0 Å². The third-order valence-electron chi connectivity index (χ3n) is 3.78. The largest absolute Gasteiger partial charge is 0.422 e. The zero-order valence-electron chi connectivity index (χ0n) is 12.6. The first-order valence-electron chi connectivity index (χ1n) is 7.33. The summed E-state index contributed by atoms with van der Waals surface area (Å²) < 4.78 is 7.50. The van der Waals surface area contributed by atoms with Gasteiger partial charge >= 0.3 is 5.63 Å². The molecule has 0 unspecified atom stereocenters. The average Bonchev–Trinajstić information content (AvgIpc) is 2.95. The van der Waals surface area contributed by atoms with Gasteiger partial charge in [-0.25, -0.2) is 4.79 Å². The van der Waals surface area contributed by atoms with Gasteiger partial charge in [-0.2, -0.15) is 0 Å². The van der Waals surface area contributed by atoms with Crippen molar-refractivity contribution >= 4 is 46.4 Å². The third kappa shape index (κ3) is 3.02. The van der Waals surface area contributed by atoms with Crippen LogP contribution in [0.5, 0.6) is 0 Å². The van der Waals surface area contributed by atoms with Crippen molar-refractivity contribution in [3.63, 3.8) is 0 Å². The lowest BCUT2D eigenvalue weighted by atomic mass is 10.1. The van der Waals surface area contributed by atoms with Gasteiger partial charge in [0.1, 0.15) is 5.58 Å². The molecule has 0 atom stereocenters. The molecule has 2 heterocycles. The maximum atomic E-state index is 12.3. The lowest BCUT2D eigenvalue weighted by Gasteiger charge is -2.03. The summed E-state index contributed by atoms with van der Waals surface area (Å²) in [6.07, 6.45) is 1.73. The van der Waals surface area contributed by atoms with E-state index in [1.54, 1.807) is 41.1 Å². The molecule has 0 saturated carbocycles. The molecule has 0 spiro atoms. The van der Waals surface area contributed by atoms with Crippen LogP contribution in [0.25, 0.3) is 27.9 Å². The second-order valence-corrected chi connectivity index (χ2v) is 6.72. The van der Waals surface area contributed by atoms with E-state index in [2.05, 4.69) is 4.98 Å². The predicted molar refractivity (Wildman–Crippen MR) is 102 cm³/mol. The molecule has 7 heteroatoms. The number of hydrogen-bond donors (Lipinski definition) is 1. The van der Waals surface area contributed by atoms with Crippen LogP contribution in [0.3, 0.4) is 0 Å². The van der Waals surface area contributed by atoms with E-state index in [9.17, 15) is 4.79 Å². The number of aromatic nitrogens is 2. The first kappa shape index (κ1) is 16.1. The van der Waals surface area contributed by atoms with Gasteiger partial charge in [0, 0.05) is 21.6 Å². The number of nitrogens with one attached hydrogen (secondary N) is 1. The quantitative estimate of drug-likeness (QED) is 0.358.